The maximum absolute atomic E-state index is 5.45. The van der Waals surface area contributed by atoms with Gasteiger partial charge in [-0.15, -0.1) is 0 Å². The molecule has 0 aliphatic rings. The Morgan fingerprint density at radius 3 is 1.56 bits per heavy atom. The van der Waals surface area contributed by atoms with Gasteiger partial charge in [0, 0.05) is 0 Å². The minimum Gasteiger partial charge on any atom is -0.155 e. The lowest BCUT2D eigenvalue weighted by molar-refractivity contribution is 1.31. The number of hydrogen-bond acceptors (Lipinski definition) is 1. The van der Waals surface area contributed by atoms with Crippen molar-refractivity contribution in [2.75, 3.05) is 0 Å². The molecule has 0 aromatic heterocycles. The highest BCUT2D eigenvalue weighted by Gasteiger charge is 2.23. The number of halogens is 5. The first-order valence-electron chi connectivity index (χ1n) is 1.44. The van der Waals surface area contributed by atoms with E-state index in [4.69, 9.17) is 53.4 Å². The van der Waals surface area contributed by atoms with E-state index in [9.17, 15) is 0 Å². The minimum atomic E-state index is -2.32. The van der Waals surface area contributed by atoms with Gasteiger partial charge in [-0.25, -0.2) is 0 Å². The summed E-state index contributed by atoms with van der Waals surface area (Å²) >= 11 is 0. The quantitative estimate of drug-likeness (QED) is 0.579. The summed E-state index contributed by atoms with van der Waals surface area (Å²) in [4.78, 5) is 0. The van der Waals surface area contributed by atoms with Crippen LogP contribution in [-0.4, -0.2) is 3.48 Å². The van der Waals surface area contributed by atoms with E-state index in [1.807, 2.05) is 0 Å². The normalized spacial score (nSPS) is 16.1. The van der Waals surface area contributed by atoms with Crippen LogP contribution in [0, 0.1) is 0 Å². The summed E-state index contributed by atoms with van der Waals surface area (Å²) in [5.41, 5.74) is 0. The number of nitrogens with zero attached hydrogens (tertiary/aromatic N) is 1. The second kappa shape index (κ2) is 4.54. The first kappa shape index (κ1) is 11.5. The van der Waals surface area contributed by atoms with Gasteiger partial charge in [-0.1, -0.05) is 0 Å². The molecule has 0 rings (SSSR count). The molecule has 0 fully saturated rings. The Labute approximate surface area is 83.0 Å². The molecular formula is H3Cl5NPS2. The average molecular weight is 289 g/mol. The van der Waals surface area contributed by atoms with E-state index in [1.54, 1.807) is 0 Å². The predicted octanol–water partition coefficient (Wildman–Crippen LogP) is 4.48. The molecule has 0 amide bonds. The largest absolute Gasteiger partial charge is 0.155 e. The smallest absolute Gasteiger partial charge is 0.0686 e. The van der Waals surface area contributed by atoms with Gasteiger partial charge in [-0.05, 0) is 72.3 Å². The molecule has 9 heteroatoms. The van der Waals surface area contributed by atoms with E-state index >= 15 is 0 Å². The van der Waals surface area contributed by atoms with E-state index in [1.165, 1.54) is 3.48 Å². The summed E-state index contributed by atoms with van der Waals surface area (Å²) < 4.78 is 1.25. The van der Waals surface area contributed by atoms with Crippen molar-refractivity contribution in [1.29, 1.82) is 0 Å². The summed E-state index contributed by atoms with van der Waals surface area (Å²) in [6, 6.07) is 0. The molecule has 60 valence electrons. The Kier molecular flexibility index (Phi) is 5.82. The van der Waals surface area contributed by atoms with E-state index in [2.05, 4.69) is 9.39 Å². The van der Waals surface area contributed by atoms with Gasteiger partial charge in [-0.3, -0.25) is 0 Å². The van der Waals surface area contributed by atoms with Crippen molar-refractivity contribution in [3.8, 4) is 0 Å². The lowest BCUT2D eigenvalue weighted by Gasteiger charge is -2.29. The Bertz CT molecular complexity index is 89.4. The standard InChI is InChI=1S/Cl5H3NPS2/c1-8(2)6(7)9(3,4)5/h8H,7H2. The molecule has 0 N–H and O–H groups in total. The lowest BCUT2D eigenvalue weighted by Crippen LogP contribution is -1.93. The van der Waals surface area contributed by atoms with Crippen LogP contribution in [0.2, 0.25) is 0 Å². The summed E-state index contributed by atoms with van der Waals surface area (Å²) in [5.74, 6) is 0. The van der Waals surface area contributed by atoms with Crippen LogP contribution in [0.4, 0.5) is 0 Å². The van der Waals surface area contributed by atoms with Gasteiger partial charge >= 0.3 is 0 Å². The van der Waals surface area contributed by atoms with Crippen LogP contribution in [0.3, 0.4) is 0 Å². The van der Waals surface area contributed by atoms with Crippen molar-refractivity contribution in [1.82, 2.24) is 3.48 Å². The fourth-order valence-corrected chi connectivity index (χ4v) is 5.67. The van der Waals surface area contributed by atoms with Crippen molar-refractivity contribution >= 4 is 80.2 Å². The number of hydrogen-bond donors (Lipinski definition) is 1. The molecule has 9 heavy (non-hydrogen) atoms. The molecule has 1 unspecified atom stereocenters. The van der Waals surface area contributed by atoms with Crippen LogP contribution in [-0.2, 0) is 0 Å². The molecule has 0 saturated carbocycles. The molecule has 1 atom stereocenters. The first-order valence-corrected chi connectivity index (χ1v) is 9.13. The van der Waals surface area contributed by atoms with Crippen molar-refractivity contribution in [2.45, 2.75) is 0 Å². The van der Waals surface area contributed by atoms with Crippen molar-refractivity contribution in [3.63, 3.8) is 0 Å². The summed E-state index contributed by atoms with van der Waals surface area (Å²) in [7, 11) is 25.6. The highest BCUT2D eigenvalue weighted by atomic mass is 36.2. The summed E-state index contributed by atoms with van der Waals surface area (Å²) in [6.45, 7) is 0. The zero-order chi connectivity index (χ0) is 7.65. The Morgan fingerprint density at radius 1 is 1.22 bits per heavy atom. The molecule has 0 heterocycles. The third-order valence-electron chi connectivity index (χ3n) is 0.361. The minimum absolute atomic E-state index is 1.25. The van der Waals surface area contributed by atoms with E-state index in [0.717, 1.165) is 0 Å². The molecule has 0 aliphatic heterocycles. The van der Waals surface area contributed by atoms with Crippen LogP contribution >= 0.6 is 80.2 Å². The van der Waals surface area contributed by atoms with Gasteiger partial charge in [0.25, 0.3) is 0 Å². The first-order chi connectivity index (χ1) is 3.85. The third kappa shape index (κ3) is 4.89. The topological polar surface area (TPSA) is 3.24 Å². The van der Waals surface area contributed by atoms with Gasteiger partial charge in [0.2, 0.25) is 0 Å². The molecular weight excluding hydrogens is 286 g/mol. The van der Waals surface area contributed by atoms with Gasteiger partial charge in [-0.2, -0.15) is 3.48 Å². The van der Waals surface area contributed by atoms with Gasteiger partial charge < -0.3 is 0 Å². The molecule has 0 spiro atoms. The van der Waals surface area contributed by atoms with Gasteiger partial charge in [0.05, 0.1) is 7.85 Å². The second-order valence-corrected chi connectivity index (χ2v) is 12.4. The predicted molar refractivity (Wildman–Crippen MR) is 57.4 cm³/mol. The fourth-order valence-electron chi connectivity index (χ4n) is 0.0700. The SMILES string of the molecule is PN([SH](Cl)Cl)S(Cl)(Cl)Cl. The summed E-state index contributed by atoms with van der Waals surface area (Å²) in [5, 5.41) is 0. The molecule has 0 aromatic carbocycles. The van der Waals surface area contributed by atoms with Gasteiger partial charge in [0.1, 0.15) is 0 Å². The van der Waals surface area contributed by atoms with Crippen molar-refractivity contribution < 1.29 is 0 Å². The lowest BCUT2D eigenvalue weighted by atomic mass is 13.8. The zero-order valence-corrected chi connectivity index (χ0v) is 10.4. The van der Waals surface area contributed by atoms with Crippen molar-refractivity contribution in [2.24, 2.45) is 0 Å². The van der Waals surface area contributed by atoms with Crippen LogP contribution < -0.4 is 0 Å². The van der Waals surface area contributed by atoms with E-state index < -0.39 is 17.4 Å². The second-order valence-electron chi connectivity index (χ2n) is 0.900. The Balaban J connectivity index is 3.88. The maximum atomic E-state index is 5.45. The Morgan fingerprint density at radius 2 is 1.56 bits per heavy atom. The van der Waals surface area contributed by atoms with E-state index in [-0.39, 0.29) is 0 Å². The molecule has 0 aromatic rings. The summed E-state index contributed by atoms with van der Waals surface area (Å²) in [6.07, 6.45) is 0. The molecule has 0 bridgehead atoms. The Hall–Kier alpha value is 2.54. The van der Waals surface area contributed by atoms with Crippen LogP contribution in [0.25, 0.3) is 0 Å². The van der Waals surface area contributed by atoms with Crippen molar-refractivity contribution in [3.05, 3.63) is 0 Å². The van der Waals surface area contributed by atoms with Crippen LogP contribution in [0.15, 0.2) is 0 Å². The molecule has 1 nitrogen and oxygen atoms in total. The van der Waals surface area contributed by atoms with E-state index in [0.29, 0.717) is 0 Å². The highest BCUT2D eigenvalue weighted by molar-refractivity contribution is 8.82. The highest BCUT2D eigenvalue weighted by Crippen LogP contribution is 2.74. The van der Waals surface area contributed by atoms with Crippen LogP contribution in [0.5, 0.6) is 0 Å². The monoisotopic (exact) mass is 287 g/mol. The number of rotatable bonds is 2. The average Bonchev–Trinajstić information content (AvgIpc) is 1.62. The third-order valence-corrected chi connectivity index (χ3v) is 9.75. The molecule has 0 saturated heterocycles. The fraction of sp³-hybridized carbons (Fsp3) is 0. The molecule has 0 aliphatic carbocycles. The van der Waals surface area contributed by atoms with Gasteiger partial charge in [0.15, 0.2) is 0 Å². The zero-order valence-electron chi connectivity index (χ0n) is 3.77. The molecule has 0 radical (unpaired) electrons. The maximum Gasteiger partial charge on any atom is 0.0686 e. The van der Waals surface area contributed by atoms with Crippen LogP contribution in [0.1, 0.15) is 0 Å². The number of thiol groups is 1.